The Bertz CT molecular complexity index is 228. The largest absolute Gasteiger partial charge is 0.379 e. The van der Waals surface area contributed by atoms with Crippen LogP contribution in [0.1, 0.15) is 19.8 Å². The zero-order valence-corrected chi connectivity index (χ0v) is 13.0. The molecule has 0 saturated carbocycles. The monoisotopic (exact) mass is 307 g/mol. The Hall–Kier alpha value is -0.730. The van der Waals surface area contributed by atoms with Crippen LogP contribution in [0.2, 0.25) is 0 Å². The lowest BCUT2D eigenvalue weighted by Crippen LogP contribution is -2.16. The average Bonchev–Trinajstić information content (AvgIpc) is 2.46. The number of ether oxygens (including phenoxy) is 5. The molecule has 0 spiro atoms. The molecule has 7 heteroatoms. The number of carbonyl (C=O) groups is 1. The van der Waals surface area contributed by atoms with Crippen molar-refractivity contribution < 1.29 is 28.5 Å². The third-order valence-electron chi connectivity index (χ3n) is 2.33. The Kier molecular flexibility index (Phi) is 16.7. The fraction of sp³-hybridized carbons (Fsp3) is 0.929. The maximum Gasteiger partial charge on any atom is 0.219 e. The summed E-state index contributed by atoms with van der Waals surface area (Å²) < 4.78 is 26.4. The van der Waals surface area contributed by atoms with Crippen molar-refractivity contribution in [1.82, 2.24) is 0 Å². The Morgan fingerprint density at radius 1 is 0.667 bits per heavy atom. The molecule has 2 N–H and O–H groups in total. The van der Waals surface area contributed by atoms with Gasteiger partial charge >= 0.3 is 0 Å². The third-order valence-corrected chi connectivity index (χ3v) is 2.33. The predicted molar refractivity (Wildman–Crippen MR) is 78.2 cm³/mol. The molecule has 7 nitrogen and oxygen atoms in total. The standard InChI is InChI=1S/C14H29NO6/c1-2-4-17-6-8-19-10-12-21-13-11-20-9-7-18-5-3-14(15)16/h2-13H2,1H3,(H2,15,16). The van der Waals surface area contributed by atoms with E-state index in [1.54, 1.807) is 0 Å². The first-order chi connectivity index (χ1) is 10.3. The lowest BCUT2D eigenvalue weighted by molar-refractivity contribution is -0.119. The van der Waals surface area contributed by atoms with Crippen LogP contribution in [0.3, 0.4) is 0 Å². The zero-order valence-electron chi connectivity index (χ0n) is 13.0. The summed E-state index contributed by atoms with van der Waals surface area (Å²) in [6.45, 7) is 7.51. The summed E-state index contributed by atoms with van der Waals surface area (Å²) in [5, 5.41) is 0. The van der Waals surface area contributed by atoms with E-state index in [0.717, 1.165) is 13.0 Å². The van der Waals surface area contributed by atoms with Crippen molar-refractivity contribution >= 4 is 5.91 Å². The highest BCUT2D eigenvalue weighted by Gasteiger charge is 1.95. The Labute approximate surface area is 127 Å². The summed E-state index contributed by atoms with van der Waals surface area (Å²) in [5.74, 6) is -0.358. The zero-order chi connectivity index (χ0) is 15.6. The second kappa shape index (κ2) is 17.3. The number of rotatable bonds is 17. The molecular formula is C14H29NO6. The van der Waals surface area contributed by atoms with E-state index in [0.29, 0.717) is 59.5 Å². The Morgan fingerprint density at radius 2 is 1.00 bits per heavy atom. The minimum absolute atomic E-state index is 0.243. The number of amides is 1. The molecule has 0 unspecified atom stereocenters. The second-order valence-electron chi connectivity index (χ2n) is 4.28. The maximum absolute atomic E-state index is 10.4. The molecule has 0 aliphatic heterocycles. The molecule has 0 radical (unpaired) electrons. The molecule has 0 aliphatic rings. The number of primary amides is 1. The van der Waals surface area contributed by atoms with Gasteiger partial charge in [0.25, 0.3) is 0 Å². The molecule has 0 aromatic carbocycles. The molecule has 0 aromatic rings. The van der Waals surface area contributed by atoms with Gasteiger partial charge in [-0.25, -0.2) is 0 Å². The van der Waals surface area contributed by atoms with Gasteiger partial charge in [-0.2, -0.15) is 0 Å². The third kappa shape index (κ3) is 19.3. The molecule has 1 amide bonds. The fourth-order valence-corrected chi connectivity index (χ4v) is 1.30. The van der Waals surface area contributed by atoms with Crippen LogP contribution in [0.5, 0.6) is 0 Å². The van der Waals surface area contributed by atoms with Gasteiger partial charge in [-0.15, -0.1) is 0 Å². The Morgan fingerprint density at radius 3 is 1.33 bits per heavy atom. The van der Waals surface area contributed by atoms with E-state index >= 15 is 0 Å². The first-order valence-electron chi connectivity index (χ1n) is 7.44. The summed E-state index contributed by atoms with van der Waals surface area (Å²) in [7, 11) is 0. The molecule has 0 saturated heterocycles. The van der Waals surface area contributed by atoms with Crippen molar-refractivity contribution in [1.29, 1.82) is 0 Å². The molecule has 126 valence electrons. The average molecular weight is 307 g/mol. The molecule has 0 heterocycles. The highest BCUT2D eigenvalue weighted by molar-refractivity contribution is 5.73. The van der Waals surface area contributed by atoms with Crippen molar-refractivity contribution in [3.63, 3.8) is 0 Å². The van der Waals surface area contributed by atoms with E-state index in [9.17, 15) is 4.79 Å². The van der Waals surface area contributed by atoms with Gasteiger partial charge in [-0.05, 0) is 6.42 Å². The van der Waals surface area contributed by atoms with Gasteiger partial charge in [0, 0.05) is 13.0 Å². The lowest BCUT2D eigenvalue weighted by Gasteiger charge is -2.07. The van der Waals surface area contributed by atoms with E-state index in [1.807, 2.05) is 0 Å². The van der Waals surface area contributed by atoms with Crippen molar-refractivity contribution in [3.8, 4) is 0 Å². The van der Waals surface area contributed by atoms with Gasteiger partial charge < -0.3 is 29.4 Å². The molecule has 0 atom stereocenters. The van der Waals surface area contributed by atoms with Crippen LogP contribution in [-0.4, -0.2) is 72.0 Å². The van der Waals surface area contributed by atoms with Gasteiger partial charge in [0.15, 0.2) is 0 Å². The minimum atomic E-state index is -0.358. The lowest BCUT2D eigenvalue weighted by atomic mass is 10.4. The molecule has 0 bridgehead atoms. The normalized spacial score (nSPS) is 10.9. The van der Waals surface area contributed by atoms with Crippen molar-refractivity contribution in [2.24, 2.45) is 5.73 Å². The van der Waals surface area contributed by atoms with Crippen LogP contribution in [-0.2, 0) is 28.5 Å². The second-order valence-corrected chi connectivity index (χ2v) is 4.28. The number of carbonyl (C=O) groups excluding carboxylic acids is 1. The van der Waals surface area contributed by atoms with Crippen molar-refractivity contribution in [2.45, 2.75) is 19.8 Å². The van der Waals surface area contributed by atoms with E-state index in [-0.39, 0.29) is 12.3 Å². The van der Waals surface area contributed by atoms with Crippen LogP contribution < -0.4 is 5.73 Å². The van der Waals surface area contributed by atoms with Crippen LogP contribution in [0.15, 0.2) is 0 Å². The van der Waals surface area contributed by atoms with E-state index in [1.165, 1.54) is 0 Å². The van der Waals surface area contributed by atoms with E-state index in [4.69, 9.17) is 29.4 Å². The first-order valence-corrected chi connectivity index (χ1v) is 7.44. The van der Waals surface area contributed by atoms with Crippen LogP contribution in [0.25, 0.3) is 0 Å². The minimum Gasteiger partial charge on any atom is -0.379 e. The molecule has 0 aromatic heterocycles. The summed E-state index contributed by atoms with van der Waals surface area (Å²) in [6, 6.07) is 0. The SMILES string of the molecule is CCCOCCOCCOCCOCCOCCC(N)=O. The van der Waals surface area contributed by atoms with Crippen molar-refractivity contribution in [3.05, 3.63) is 0 Å². The van der Waals surface area contributed by atoms with Gasteiger partial charge in [-0.3, -0.25) is 4.79 Å². The highest BCUT2D eigenvalue weighted by Crippen LogP contribution is 1.85. The van der Waals surface area contributed by atoms with Crippen LogP contribution >= 0.6 is 0 Å². The highest BCUT2D eigenvalue weighted by atomic mass is 16.6. The van der Waals surface area contributed by atoms with E-state index in [2.05, 4.69) is 6.92 Å². The summed E-state index contributed by atoms with van der Waals surface area (Å²) in [4.78, 5) is 10.4. The molecular weight excluding hydrogens is 278 g/mol. The summed E-state index contributed by atoms with van der Waals surface area (Å²) in [6.07, 6.45) is 1.27. The van der Waals surface area contributed by atoms with Gasteiger partial charge in [0.2, 0.25) is 5.91 Å². The molecule has 0 rings (SSSR count). The summed E-state index contributed by atoms with van der Waals surface area (Å²) in [5.41, 5.74) is 4.97. The van der Waals surface area contributed by atoms with Crippen LogP contribution in [0, 0.1) is 0 Å². The van der Waals surface area contributed by atoms with Gasteiger partial charge in [0.05, 0.1) is 59.5 Å². The maximum atomic E-state index is 10.4. The molecule has 0 aliphatic carbocycles. The number of nitrogens with two attached hydrogens (primary N) is 1. The number of hydrogen-bond donors (Lipinski definition) is 1. The predicted octanol–water partition coefficient (Wildman–Crippen LogP) is 0.355. The van der Waals surface area contributed by atoms with E-state index < -0.39 is 0 Å². The quantitative estimate of drug-likeness (QED) is 0.390. The smallest absolute Gasteiger partial charge is 0.219 e. The molecule has 0 fully saturated rings. The number of hydrogen-bond acceptors (Lipinski definition) is 6. The van der Waals surface area contributed by atoms with Gasteiger partial charge in [0.1, 0.15) is 0 Å². The van der Waals surface area contributed by atoms with Gasteiger partial charge in [-0.1, -0.05) is 6.92 Å². The molecule has 21 heavy (non-hydrogen) atoms. The fourth-order valence-electron chi connectivity index (χ4n) is 1.30. The topological polar surface area (TPSA) is 89.2 Å². The summed E-state index contributed by atoms with van der Waals surface area (Å²) >= 11 is 0. The van der Waals surface area contributed by atoms with Crippen LogP contribution in [0.4, 0.5) is 0 Å². The first kappa shape index (κ1) is 20.3. The van der Waals surface area contributed by atoms with Crippen molar-refractivity contribution in [2.75, 3.05) is 66.1 Å². The Balaban J connectivity index is 2.95.